The van der Waals surface area contributed by atoms with Crippen LogP contribution in [0.2, 0.25) is 0 Å². The summed E-state index contributed by atoms with van der Waals surface area (Å²) in [4.78, 5) is 13.3. The largest absolute Gasteiger partial charge is 0.435 e. The Morgan fingerprint density at radius 1 is 0.968 bits per heavy atom. The molecule has 0 aliphatic heterocycles. The smallest absolute Gasteiger partial charge is 0.336 e. The van der Waals surface area contributed by atoms with Gasteiger partial charge in [0.2, 0.25) is 0 Å². The molecule has 3 rings (SSSR count). The Kier molecular flexibility index (Phi) is 5.74. The van der Waals surface area contributed by atoms with E-state index in [4.69, 9.17) is 0 Å². The molecule has 0 saturated carbocycles. The van der Waals surface area contributed by atoms with Gasteiger partial charge in [0.15, 0.2) is 11.4 Å². The summed E-state index contributed by atoms with van der Waals surface area (Å²) in [6, 6.07) is 8.22. The quantitative estimate of drug-likeness (QED) is 0.546. The summed E-state index contributed by atoms with van der Waals surface area (Å²) in [7, 11) is 1.05. The van der Waals surface area contributed by atoms with Gasteiger partial charge in [0, 0.05) is 13.6 Å². The molecule has 3 aromatic rings. The average Bonchev–Trinajstić information content (AvgIpc) is 3.13. The van der Waals surface area contributed by atoms with E-state index in [1.807, 2.05) is 0 Å². The molecule has 12 heteroatoms. The highest BCUT2D eigenvalue weighted by molar-refractivity contribution is 5.93. The summed E-state index contributed by atoms with van der Waals surface area (Å²) in [5, 5.41) is 6.65. The highest BCUT2D eigenvalue weighted by atomic mass is 19.4. The van der Waals surface area contributed by atoms with Crippen LogP contribution in [0.3, 0.4) is 0 Å². The number of hydrogen-bond acceptors (Lipinski definition) is 3. The van der Waals surface area contributed by atoms with E-state index in [-0.39, 0.29) is 11.3 Å². The Bertz CT molecular complexity index is 1090. The molecular weight excluding hydrogens is 433 g/mol. The third kappa shape index (κ3) is 4.67. The van der Waals surface area contributed by atoms with Crippen molar-refractivity contribution in [3.8, 4) is 5.69 Å². The first-order valence-corrected chi connectivity index (χ1v) is 8.59. The molecule has 2 aromatic carbocycles. The molecule has 1 heterocycles. The Balaban J connectivity index is 1.98. The molecule has 164 valence electrons. The van der Waals surface area contributed by atoms with Gasteiger partial charge < -0.3 is 4.90 Å². The van der Waals surface area contributed by atoms with E-state index in [1.54, 1.807) is 0 Å². The van der Waals surface area contributed by atoms with Crippen LogP contribution in [0.4, 0.5) is 30.7 Å². The summed E-state index contributed by atoms with van der Waals surface area (Å²) in [5.41, 5.74) is -4.14. The maximum atomic E-state index is 13.7. The van der Waals surface area contributed by atoms with Crippen LogP contribution in [0.5, 0.6) is 0 Å². The molecule has 31 heavy (non-hydrogen) atoms. The summed E-state index contributed by atoms with van der Waals surface area (Å²) in [5.74, 6) is -1.98. The first-order chi connectivity index (χ1) is 14.4. The van der Waals surface area contributed by atoms with Gasteiger partial charge in [-0.2, -0.15) is 26.3 Å². The van der Waals surface area contributed by atoms with Gasteiger partial charge in [-0.25, -0.2) is 9.07 Å². The van der Waals surface area contributed by atoms with Crippen molar-refractivity contribution in [2.45, 2.75) is 18.9 Å². The fraction of sp³-hybridized carbons (Fsp3) is 0.211. The van der Waals surface area contributed by atoms with Crippen molar-refractivity contribution < 1.29 is 35.5 Å². The third-order valence-corrected chi connectivity index (χ3v) is 4.29. The molecule has 0 saturated heterocycles. The predicted octanol–water partition coefficient (Wildman–Crippen LogP) is 4.72. The van der Waals surface area contributed by atoms with Crippen LogP contribution in [-0.2, 0) is 18.9 Å². The molecular formula is C19H13F7N4O. The number of nitrogens with zero attached hydrogens (tertiary/aromatic N) is 4. The second-order valence-corrected chi connectivity index (χ2v) is 6.49. The van der Waals surface area contributed by atoms with E-state index in [9.17, 15) is 35.5 Å². The third-order valence-electron chi connectivity index (χ3n) is 4.29. The van der Waals surface area contributed by atoms with Crippen LogP contribution in [0, 0.1) is 5.82 Å². The molecule has 0 aliphatic rings. The van der Waals surface area contributed by atoms with Crippen LogP contribution in [0.1, 0.15) is 27.3 Å². The molecule has 0 fully saturated rings. The lowest BCUT2D eigenvalue weighted by Crippen LogP contribution is -2.30. The molecule has 0 radical (unpaired) electrons. The topological polar surface area (TPSA) is 51.0 Å². The number of halogens is 7. The second kappa shape index (κ2) is 8.00. The zero-order chi connectivity index (χ0) is 23.0. The normalized spacial score (nSPS) is 12.1. The van der Waals surface area contributed by atoms with Crippen LogP contribution in [0.25, 0.3) is 5.69 Å². The van der Waals surface area contributed by atoms with Crippen molar-refractivity contribution in [3.05, 3.63) is 76.9 Å². The maximum absolute atomic E-state index is 13.7. The minimum absolute atomic E-state index is 0.203. The number of amides is 1. The first-order valence-electron chi connectivity index (χ1n) is 8.59. The number of alkyl halides is 6. The van der Waals surface area contributed by atoms with Crippen molar-refractivity contribution in [2.24, 2.45) is 0 Å². The molecule has 0 aliphatic carbocycles. The van der Waals surface area contributed by atoms with Gasteiger partial charge in [-0.1, -0.05) is 23.4 Å². The molecule has 5 nitrogen and oxygen atoms in total. The van der Waals surface area contributed by atoms with Crippen molar-refractivity contribution in [1.29, 1.82) is 0 Å². The monoisotopic (exact) mass is 446 g/mol. The summed E-state index contributed by atoms with van der Waals surface area (Å²) < 4.78 is 93.9. The van der Waals surface area contributed by atoms with Crippen LogP contribution < -0.4 is 0 Å². The summed E-state index contributed by atoms with van der Waals surface area (Å²) in [6.45, 7) is -0.616. The zero-order valence-corrected chi connectivity index (χ0v) is 15.7. The Hall–Kier alpha value is -3.44. The maximum Gasteiger partial charge on any atom is 0.435 e. The van der Waals surface area contributed by atoms with E-state index in [0.29, 0.717) is 9.58 Å². The SMILES string of the molecule is CN(Cc1ccccc1C(F)(F)F)C(=O)c1nnn(-c2ccc(F)cc2)c1C(F)(F)F. The standard InChI is InChI=1S/C19H13F7N4O/c1-29(10-11-4-2-3-5-14(11)18(21,22)23)17(31)15-16(19(24,25)26)30(28-27-15)13-8-6-12(20)7-9-13/h2-9H,10H2,1H3. The lowest BCUT2D eigenvalue weighted by atomic mass is 10.1. The fourth-order valence-corrected chi connectivity index (χ4v) is 2.89. The Morgan fingerprint density at radius 2 is 1.58 bits per heavy atom. The van der Waals surface area contributed by atoms with Gasteiger partial charge >= 0.3 is 12.4 Å². The van der Waals surface area contributed by atoms with Crippen LogP contribution in [0.15, 0.2) is 48.5 Å². The number of benzene rings is 2. The van der Waals surface area contributed by atoms with Crippen molar-refractivity contribution >= 4 is 5.91 Å². The zero-order valence-electron chi connectivity index (χ0n) is 15.7. The lowest BCUT2D eigenvalue weighted by Gasteiger charge is -2.20. The molecule has 0 unspecified atom stereocenters. The van der Waals surface area contributed by atoms with Gasteiger partial charge in [-0.05, 0) is 35.9 Å². The number of carbonyl (C=O) groups is 1. The number of rotatable bonds is 4. The Labute approximate surface area is 170 Å². The van der Waals surface area contributed by atoms with E-state index in [1.165, 1.54) is 6.07 Å². The molecule has 0 spiro atoms. The second-order valence-electron chi connectivity index (χ2n) is 6.49. The molecule has 0 bridgehead atoms. The molecule has 0 atom stereocenters. The van der Waals surface area contributed by atoms with E-state index in [2.05, 4.69) is 10.3 Å². The fourth-order valence-electron chi connectivity index (χ4n) is 2.89. The first kappa shape index (κ1) is 22.2. The molecule has 1 aromatic heterocycles. The lowest BCUT2D eigenvalue weighted by molar-refractivity contribution is -0.143. The van der Waals surface area contributed by atoms with Crippen LogP contribution in [-0.4, -0.2) is 32.8 Å². The predicted molar refractivity (Wildman–Crippen MR) is 93.6 cm³/mol. The van der Waals surface area contributed by atoms with Crippen molar-refractivity contribution in [2.75, 3.05) is 7.05 Å². The number of hydrogen-bond donors (Lipinski definition) is 0. The van der Waals surface area contributed by atoms with E-state index < -0.39 is 47.6 Å². The highest BCUT2D eigenvalue weighted by Gasteiger charge is 2.43. The summed E-state index contributed by atoms with van der Waals surface area (Å²) >= 11 is 0. The van der Waals surface area contributed by atoms with Gasteiger partial charge in [0.05, 0.1) is 11.3 Å². The van der Waals surface area contributed by atoms with Crippen molar-refractivity contribution in [3.63, 3.8) is 0 Å². The van der Waals surface area contributed by atoms with Gasteiger partial charge in [-0.3, -0.25) is 4.79 Å². The molecule has 1 amide bonds. The highest BCUT2D eigenvalue weighted by Crippen LogP contribution is 2.34. The minimum atomic E-state index is -5.08. The summed E-state index contributed by atoms with van der Waals surface area (Å²) in [6.07, 6.45) is -9.78. The van der Waals surface area contributed by atoms with E-state index >= 15 is 0 Å². The average molecular weight is 446 g/mol. The molecule has 0 N–H and O–H groups in total. The van der Waals surface area contributed by atoms with Crippen molar-refractivity contribution in [1.82, 2.24) is 19.9 Å². The number of carbonyl (C=O) groups excluding carboxylic acids is 1. The van der Waals surface area contributed by atoms with Gasteiger partial charge in [0.1, 0.15) is 5.82 Å². The van der Waals surface area contributed by atoms with Gasteiger partial charge in [-0.15, -0.1) is 5.10 Å². The van der Waals surface area contributed by atoms with Gasteiger partial charge in [0.25, 0.3) is 5.91 Å². The minimum Gasteiger partial charge on any atom is -0.336 e. The van der Waals surface area contributed by atoms with E-state index in [0.717, 1.165) is 49.5 Å². The Morgan fingerprint density at radius 3 is 2.16 bits per heavy atom. The number of aromatic nitrogens is 3. The van der Waals surface area contributed by atoms with Crippen LogP contribution >= 0.6 is 0 Å².